The molecule has 1 heterocycles. The quantitative estimate of drug-likeness (QED) is 0.619. The number of unbranched alkanes of at least 4 members (excludes halogenated alkanes) is 2. The molecule has 4 nitrogen and oxygen atoms in total. The second-order valence-electron chi connectivity index (χ2n) is 6.20. The average molecular weight is 300 g/mol. The van der Waals surface area contributed by atoms with E-state index in [4.69, 9.17) is 9.84 Å². The number of esters is 1. The number of hydrogen-bond donors (Lipinski definition) is 0. The average Bonchev–Trinajstić information content (AvgIpc) is 2.97. The highest BCUT2D eigenvalue weighted by molar-refractivity contribution is 6.06. The van der Waals surface area contributed by atoms with Gasteiger partial charge in [0.05, 0.1) is 18.4 Å². The lowest BCUT2D eigenvalue weighted by atomic mass is 9.82. The van der Waals surface area contributed by atoms with Crippen molar-refractivity contribution in [3.05, 3.63) is 34.9 Å². The van der Waals surface area contributed by atoms with Gasteiger partial charge in [-0.2, -0.15) is 5.10 Å². The summed E-state index contributed by atoms with van der Waals surface area (Å²) < 4.78 is 4.81. The molecule has 0 bridgehead atoms. The van der Waals surface area contributed by atoms with Gasteiger partial charge < -0.3 is 4.74 Å². The minimum atomic E-state index is -0.264. The van der Waals surface area contributed by atoms with Crippen molar-refractivity contribution in [2.24, 2.45) is 11.0 Å². The summed E-state index contributed by atoms with van der Waals surface area (Å²) >= 11 is 0. The van der Waals surface area contributed by atoms with Gasteiger partial charge in [0, 0.05) is 24.6 Å². The lowest BCUT2D eigenvalue weighted by Gasteiger charge is -2.22. The molecule has 1 aromatic rings. The Labute approximate surface area is 132 Å². The number of ether oxygens (including phenoxy) is 1. The van der Waals surface area contributed by atoms with Gasteiger partial charge in [0.1, 0.15) is 0 Å². The first-order valence-corrected chi connectivity index (χ1v) is 8.28. The van der Waals surface area contributed by atoms with Gasteiger partial charge in [-0.3, -0.25) is 5.01 Å². The van der Waals surface area contributed by atoms with Gasteiger partial charge in [0.25, 0.3) is 0 Å². The van der Waals surface area contributed by atoms with Crippen molar-refractivity contribution < 1.29 is 9.53 Å². The summed E-state index contributed by atoms with van der Waals surface area (Å²) in [7, 11) is 1.42. The molecule has 1 atom stereocenters. The summed E-state index contributed by atoms with van der Waals surface area (Å²) in [6.45, 7) is 4.34. The predicted octanol–water partition coefficient (Wildman–Crippen LogP) is 3.25. The molecule has 0 N–H and O–H groups in total. The molecule has 0 spiro atoms. The number of nitrogens with zero attached hydrogens (tertiary/aromatic N) is 2. The summed E-state index contributed by atoms with van der Waals surface area (Å²) in [6, 6.07) is 5.87. The fourth-order valence-corrected chi connectivity index (χ4v) is 3.43. The maximum Gasteiger partial charge on any atom is 0.337 e. The molecule has 1 aromatic carbocycles. The molecule has 1 aliphatic heterocycles. The third-order valence-corrected chi connectivity index (χ3v) is 4.65. The largest absolute Gasteiger partial charge is 0.465 e. The van der Waals surface area contributed by atoms with Crippen molar-refractivity contribution in [2.75, 3.05) is 20.2 Å². The maximum absolute atomic E-state index is 11.7. The van der Waals surface area contributed by atoms with Gasteiger partial charge in [0.15, 0.2) is 0 Å². The first kappa shape index (κ1) is 15.1. The Bertz CT molecular complexity index is 595. The third-order valence-electron chi connectivity index (χ3n) is 4.65. The summed E-state index contributed by atoms with van der Waals surface area (Å²) in [6.07, 6.45) is 5.87. The van der Waals surface area contributed by atoms with Crippen molar-refractivity contribution in [3.8, 4) is 0 Å². The van der Waals surface area contributed by atoms with Crippen LogP contribution in [0.2, 0.25) is 0 Å². The summed E-state index contributed by atoms with van der Waals surface area (Å²) in [5.74, 6) is 0.289. The van der Waals surface area contributed by atoms with Crippen LogP contribution in [-0.4, -0.2) is 36.9 Å². The Morgan fingerprint density at radius 3 is 3.05 bits per heavy atom. The minimum absolute atomic E-state index is 0.264. The molecule has 0 saturated heterocycles. The number of benzene rings is 1. The first-order valence-electron chi connectivity index (χ1n) is 8.28. The highest BCUT2D eigenvalue weighted by Gasteiger charge is 2.32. The highest BCUT2D eigenvalue weighted by atomic mass is 16.5. The van der Waals surface area contributed by atoms with E-state index in [0.717, 1.165) is 25.9 Å². The molecule has 0 radical (unpaired) electrons. The van der Waals surface area contributed by atoms with E-state index in [2.05, 4.69) is 11.9 Å². The fourth-order valence-electron chi connectivity index (χ4n) is 3.43. The Morgan fingerprint density at radius 1 is 1.41 bits per heavy atom. The molecule has 118 valence electrons. The van der Waals surface area contributed by atoms with Gasteiger partial charge in [-0.1, -0.05) is 25.8 Å². The van der Waals surface area contributed by atoms with Gasteiger partial charge in [-0.05, 0) is 37.0 Å². The van der Waals surface area contributed by atoms with Crippen LogP contribution in [-0.2, 0) is 11.2 Å². The Hall–Kier alpha value is -1.84. The summed E-state index contributed by atoms with van der Waals surface area (Å²) in [5.41, 5.74) is 4.31. The van der Waals surface area contributed by atoms with Crippen molar-refractivity contribution >= 4 is 11.7 Å². The zero-order valence-electron chi connectivity index (χ0n) is 13.5. The lowest BCUT2D eigenvalue weighted by molar-refractivity contribution is 0.0600. The van der Waals surface area contributed by atoms with Gasteiger partial charge in [0.2, 0.25) is 0 Å². The molecule has 0 saturated carbocycles. The zero-order chi connectivity index (χ0) is 15.5. The number of hydrazone groups is 1. The number of carbonyl (C=O) groups excluding carboxylic acids is 1. The lowest BCUT2D eigenvalue weighted by Crippen LogP contribution is -2.25. The molecule has 0 fully saturated rings. The van der Waals surface area contributed by atoms with E-state index in [1.165, 1.54) is 43.2 Å². The minimum Gasteiger partial charge on any atom is -0.465 e. The summed E-state index contributed by atoms with van der Waals surface area (Å²) in [5, 5.41) is 7.09. The predicted molar refractivity (Wildman–Crippen MR) is 87.2 cm³/mol. The van der Waals surface area contributed by atoms with Crippen LogP contribution in [0.15, 0.2) is 23.3 Å². The highest BCUT2D eigenvalue weighted by Crippen LogP contribution is 2.31. The van der Waals surface area contributed by atoms with Crippen LogP contribution in [0.25, 0.3) is 0 Å². The molecule has 1 unspecified atom stereocenters. The van der Waals surface area contributed by atoms with Gasteiger partial charge >= 0.3 is 5.97 Å². The second-order valence-corrected chi connectivity index (χ2v) is 6.20. The standard InChI is InChI=1S/C18H24N2O2/c1-3-4-5-10-20-12-15-7-6-13-11-14(18(21)22-2)8-9-16(13)17(15)19-20/h8-9,11,15H,3-7,10,12H2,1-2H3. The molecule has 4 heteroatoms. The summed E-state index contributed by atoms with van der Waals surface area (Å²) in [4.78, 5) is 11.7. The number of rotatable bonds is 5. The van der Waals surface area contributed by atoms with Crippen LogP contribution in [0.3, 0.4) is 0 Å². The van der Waals surface area contributed by atoms with E-state index in [1.807, 2.05) is 18.2 Å². The first-order chi connectivity index (χ1) is 10.7. The number of methoxy groups -OCH3 is 1. The van der Waals surface area contributed by atoms with Gasteiger partial charge in [-0.25, -0.2) is 4.79 Å². The van der Waals surface area contributed by atoms with Crippen LogP contribution in [0.1, 0.15) is 54.1 Å². The molecule has 0 aromatic heterocycles. The Balaban J connectivity index is 1.79. The smallest absolute Gasteiger partial charge is 0.337 e. The Morgan fingerprint density at radius 2 is 2.27 bits per heavy atom. The van der Waals surface area contributed by atoms with Crippen molar-refractivity contribution in [3.63, 3.8) is 0 Å². The van der Waals surface area contributed by atoms with E-state index in [1.54, 1.807) is 0 Å². The fraction of sp³-hybridized carbons (Fsp3) is 0.556. The van der Waals surface area contributed by atoms with Gasteiger partial charge in [-0.15, -0.1) is 0 Å². The van der Waals surface area contributed by atoms with Crippen LogP contribution >= 0.6 is 0 Å². The number of hydrogen-bond acceptors (Lipinski definition) is 4. The third kappa shape index (κ3) is 2.87. The van der Waals surface area contributed by atoms with E-state index in [0.29, 0.717) is 11.5 Å². The number of fused-ring (bicyclic) bond motifs is 3. The number of carbonyl (C=O) groups is 1. The maximum atomic E-state index is 11.7. The monoisotopic (exact) mass is 300 g/mol. The van der Waals surface area contributed by atoms with E-state index < -0.39 is 0 Å². The molecule has 1 aliphatic carbocycles. The van der Waals surface area contributed by atoms with Crippen molar-refractivity contribution in [1.82, 2.24) is 5.01 Å². The molecular formula is C18H24N2O2. The molecule has 2 aliphatic rings. The number of aryl methyl sites for hydroxylation is 1. The zero-order valence-corrected chi connectivity index (χ0v) is 13.5. The Kier molecular flexibility index (Phi) is 4.46. The van der Waals surface area contributed by atoms with E-state index >= 15 is 0 Å². The second kappa shape index (κ2) is 6.51. The topological polar surface area (TPSA) is 41.9 Å². The van der Waals surface area contributed by atoms with Crippen molar-refractivity contribution in [2.45, 2.75) is 39.0 Å². The molecule has 0 amide bonds. The normalized spacial score (nSPS) is 19.5. The SMILES string of the molecule is CCCCCN1CC2CCc3cc(C(=O)OC)ccc3C2=N1. The van der Waals surface area contributed by atoms with Crippen LogP contribution in [0, 0.1) is 5.92 Å². The van der Waals surface area contributed by atoms with Crippen LogP contribution < -0.4 is 0 Å². The van der Waals surface area contributed by atoms with E-state index in [-0.39, 0.29) is 5.97 Å². The molecule has 3 rings (SSSR count). The molecular weight excluding hydrogens is 276 g/mol. The van der Waals surface area contributed by atoms with Crippen molar-refractivity contribution in [1.29, 1.82) is 0 Å². The van der Waals surface area contributed by atoms with Crippen LogP contribution in [0.5, 0.6) is 0 Å². The van der Waals surface area contributed by atoms with Crippen LogP contribution in [0.4, 0.5) is 0 Å². The van der Waals surface area contributed by atoms with E-state index in [9.17, 15) is 4.79 Å². The molecule has 22 heavy (non-hydrogen) atoms.